The molecule has 2 atom stereocenters. The molecule has 0 aromatic heterocycles. The number of guanidine groups is 1. The van der Waals surface area contributed by atoms with Crippen molar-refractivity contribution in [1.82, 2.24) is 10.6 Å². The molecule has 0 aromatic rings. The monoisotopic (exact) mass is 345 g/mol. The van der Waals surface area contributed by atoms with Crippen LogP contribution in [0.25, 0.3) is 0 Å². The van der Waals surface area contributed by atoms with E-state index in [1.807, 2.05) is 13.8 Å². The summed E-state index contributed by atoms with van der Waals surface area (Å²) in [6.45, 7) is 16.2. The minimum Gasteiger partial charge on any atom is -0.389 e. The second-order valence-corrected chi connectivity index (χ2v) is 6.76. The number of hydrogen-bond donors (Lipinski definition) is 3. The van der Waals surface area contributed by atoms with Crippen molar-refractivity contribution >= 4 is 5.96 Å². The quantitative estimate of drug-likeness (QED) is 0.352. The van der Waals surface area contributed by atoms with E-state index in [1.165, 1.54) is 0 Å². The Hall–Kier alpha value is -0.850. The van der Waals surface area contributed by atoms with Gasteiger partial charge in [-0.25, -0.2) is 0 Å². The number of hydrogen-bond acceptors (Lipinski definition) is 4. The van der Waals surface area contributed by atoms with Crippen molar-refractivity contribution < 1.29 is 14.6 Å². The van der Waals surface area contributed by atoms with Gasteiger partial charge in [0, 0.05) is 26.3 Å². The van der Waals surface area contributed by atoms with Gasteiger partial charge >= 0.3 is 0 Å². The van der Waals surface area contributed by atoms with E-state index in [1.54, 1.807) is 0 Å². The molecule has 0 fully saturated rings. The Bertz CT molecular complexity index is 323. The zero-order valence-corrected chi connectivity index (χ0v) is 16.5. The fourth-order valence-electron chi connectivity index (χ4n) is 2.19. The number of nitrogens with one attached hydrogen (secondary N) is 2. The highest BCUT2D eigenvalue weighted by Gasteiger charge is 2.13. The van der Waals surface area contributed by atoms with Gasteiger partial charge in [0.25, 0.3) is 0 Å². The largest absolute Gasteiger partial charge is 0.389 e. The van der Waals surface area contributed by atoms with Gasteiger partial charge in [0.1, 0.15) is 0 Å². The summed E-state index contributed by atoms with van der Waals surface area (Å²) in [5.74, 6) is 1.68. The molecule has 0 spiro atoms. The van der Waals surface area contributed by atoms with E-state index in [4.69, 9.17) is 9.47 Å². The maximum Gasteiger partial charge on any atom is 0.191 e. The van der Waals surface area contributed by atoms with Crippen molar-refractivity contribution in [2.45, 2.75) is 60.2 Å². The lowest BCUT2D eigenvalue weighted by Gasteiger charge is -2.21. The third-order valence-electron chi connectivity index (χ3n) is 3.41. The molecule has 0 aliphatic rings. The smallest absolute Gasteiger partial charge is 0.191 e. The third-order valence-corrected chi connectivity index (χ3v) is 3.41. The van der Waals surface area contributed by atoms with Crippen molar-refractivity contribution in [1.29, 1.82) is 0 Å². The Morgan fingerprint density at radius 2 is 1.79 bits per heavy atom. The molecular formula is C18H39N3O3. The summed E-state index contributed by atoms with van der Waals surface area (Å²) in [5.41, 5.74) is 0. The Morgan fingerprint density at radius 1 is 1.08 bits per heavy atom. The van der Waals surface area contributed by atoms with Gasteiger partial charge in [-0.05, 0) is 32.1 Å². The predicted octanol–water partition coefficient (Wildman–Crippen LogP) is 2.03. The fraction of sp³-hybridized carbons (Fsp3) is 0.944. The van der Waals surface area contributed by atoms with E-state index in [2.05, 4.69) is 43.3 Å². The number of aliphatic imine (C=N–C) groups is 1. The van der Waals surface area contributed by atoms with E-state index >= 15 is 0 Å². The molecule has 6 heteroatoms. The van der Waals surface area contributed by atoms with Crippen molar-refractivity contribution in [3.63, 3.8) is 0 Å². The highest BCUT2D eigenvalue weighted by atomic mass is 16.5. The Kier molecular flexibility index (Phi) is 14.0. The SMILES string of the molecule is CCNC(=NCC(O)COCC(C)C)NCCC(OCC)C(C)C. The molecule has 0 aliphatic carbocycles. The summed E-state index contributed by atoms with van der Waals surface area (Å²) in [6, 6.07) is 0. The standard InChI is InChI=1S/C18H39N3O3/c1-7-19-18(20-10-9-17(15(5)6)24-8-2)21-11-16(22)13-23-12-14(3)4/h14-17,22H,7-13H2,1-6H3,(H2,19,20,21). The summed E-state index contributed by atoms with van der Waals surface area (Å²) in [5, 5.41) is 16.4. The van der Waals surface area contributed by atoms with Gasteiger partial charge in [0.2, 0.25) is 0 Å². The van der Waals surface area contributed by atoms with E-state index in [9.17, 15) is 5.11 Å². The Balaban J connectivity index is 4.22. The summed E-state index contributed by atoms with van der Waals surface area (Å²) < 4.78 is 11.2. The molecule has 144 valence electrons. The molecule has 0 aromatic carbocycles. The Morgan fingerprint density at radius 3 is 2.33 bits per heavy atom. The van der Waals surface area contributed by atoms with Gasteiger partial charge in [-0.3, -0.25) is 4.99 Å². The van der Waals surface area contributed by atoms with Gasteiger partial charge in [-0.15, -0.1) is 0 Å². The number of nitrogens with zero attached hydrogens (tertiary/aromatic N) is 1. The molecule has 0 amide bonds. The maximum absolute atomic E-state index is 9.93. The molecule has 2 unspecified atom stereocenters. The normalized spacial score (nSPS) is 15.0. The van der Waals surface area contributed by atoms with Crippen LogP contribution in [0.5, 0.6) is 0 Å². The second kappa shape index (κ2) is 14.5. The van der Waals surface area contributed by atoms with E-state index in [0.29, 0.717) is 31.6 Å². The van der Waals surface area contributed by atoms with Crippen LogP contribution in [0, 0.1) is 11.8 Å². The van der Waals surface area contributed by atoms with Crippen LogP contribution in [0.2, 0.25) is 0 Å². The van der Waals surface area contributed by atoms with Gasteiger partial charge in [-0.1, -0.05) is 27.7 Å². The zero-order valence-electron chi connectivity index (χ0n) is 16.5. The minimum atomic E-state index is -0.578. The topological polar surface area (TPSA) is 75.1 Å². The molecule has 0 saturated heterocycles. The van der Waals surface area contributed by atoms with Gasteiger partial charge in [0.15, 0.2) is 5.96 Å². The van der Waals surface area contributed by atoms with Gasteiger partial charge in [0.05, 0.1) is 25.4 Å². The molecule has 24 heavy (non-hydrogen) atoms. The summed E-state index contributed by atoms with van der Waals surface area (Å²) in [6.07, 6.45) is 0.599. The summed E-state index contributed by atoms with van der Waals surface area (Å²) >= 11 is 0. The average molecular weight is 346 g/mol. The third kappa shape index (κ3) is 12.6. The molecule has 0 rings (SSSR count). The number of ether oxygens (including phenoxy) is 2. The Labute approximate surface area is 148 Å². The highest BCUT2D eigenvalue weighted by molar-refractivity contribution is 5.79. The van der Waals surface area contributed by atoms with Crippen LogP contribution in [0.15, 0.2) is 4.99 Å². The van der Waals surface area contributed by atoms with Crippen molar-refractivity contribution in [3.8, 4) is 0 Å². The van der Waals surface area contributed by atoms with E-state index < -0.39 is 6.10 Å². The summed E-state index contributed by atoms with van der Waals surface area (Å²) in [4.78, 5) is 4.42. The lowest BCUT2D eigenvalue weighted by atomic mass is 10.0. The summed E-state index contributed by atoms with van der Waals surface area (Å²) in [7, 11) is 0. The minimum absolute atomic E-state index is 0.250. The lowest BCUT2D eigenvalue weighted by Crippen LogP contribution is -2.40. The molecule has 0 heterocycles. The van der Waals surface area contributed by atoms with Crippen LogP contribution >= 0.6 is 0 Å². The van der Waals surface area contributed by atoms with E-state index in [0.717, 1.165) is 32.1 Å². The predicted molar refractivity (Wildman–Crippen MR) is 101 cm³/mol. The fourth-order valence-corrected chi connectivity index (χ4v) is 2.19. The van der Waals surface area contributed by atoms with Crippen LogP contribution in [-0.4, -0.2) is 62.7 Å². The van der Waals surface area contributed by atoms with Crippen LogP contribution < -0.4 is 10.6 Å². The second-order valence-electron chi connectivity index (χ2n) is 6.76. The van der Waals surface area contributed by atoms with Crippen molar-refractivity contribution in [2.24, 2.45) is 16.8 Å². The molecule has 0 aliphatic heterocycles. The first kappa shape index (κ1) is 23.1. The first-order valence-corrected chi connectivity index (χ1v) is 9.30. The van der Waals surface area contributed by atoms with Crippen LogP contribution in [-0.2, 0) is 9.47 Å². The van der Waals surface area contributed by atoms with Crippen molar-refractivity contribution in [2.75, 3.05) is 39.5 Å². The highest BCUT2D eigenvalue weighted by Crippen LogP contribution is 2.09. The molecular weight excluding hydrogens is 306 g/mol. The maximum atomic E-state index is 9.93. The van der Waals surface area contributed by atoms with Gasteiger partial charge in [-0.2, -0.15) is 0 Å². The first-order valence-electron chi connectivity index (χ1n) is 9.30. The van der Waals surface area contributed by atoms with E-state index in [-0.39, 0.29) is 6.10 Å². The van der Waals surface area contributed by atoms with Crippen molar-refractivity contribution in [3.05, 3.63) is 0 Å². The van der Waals surface area contributed by atoms with Crippen LogP contribution in [0.3, 0.4) is 0 Å². The number of aliphatic hydroxyl groups excluding tert-OH is 1. The number of aliphatic hydroxyl groups is 1. The van der Waals surface area contributed by atoms with Gasteiger partial charge < -0.3 is 25.2 Å². The molecule has 0 saturated carbocycles. The average Bonchev–Trinajstić information content (AvgIpc) is 2.51. The molecule has 6 nitrogen and oxygen atoms in total. The van der Waals surface area contributed by atoms with Crippen LogP contribution in [0.1, 0.15) is 48.0 Å². The zero-order chi connectivity index (χ0) is 18.4. The molecule has 0 bridgehead atoms. The first-order chi connectivity index (χ1) is 11.4. The lowest BCUT2D eigenvalue weighted by molar-refractivity contribution is 0.0257. The molecule has 3 N–H and O–H groups in total. The van der Waals surface area contributed by atoms with Crippen LogP contribution in [0.4, 0.5) is 0 Å². The molecule has 0 radical (unpaired) electrons. The number of rotatable bonds is 13.